The number of nitriles is 1. The van der Waals surface area contributed by atoms with Gasteiger partial charge in [0.1, 0.15) is 18.2 Å². The fourth-order valence-electron chi connectivity index (χ4n) is 2.79. The highest BCUT2D eigenvalue weighted by Gasteiger charge is 2.23. The van der Waals surface area contributed by atoms with E-state index >= 15 is 0 Å². The summed E-state index contributed by atoms with van der Waals surface area (Å²) in [6.45, 7) is 6.42. The summed E-state index contributed by atoms with van der Waals surface area (Å²) < 4.78 is 11.2. The van der Waals surface area contributed by atoms with Crippen molar-refractivity contribution in [2.75, 3.05) is 13.7 Å². The second-order valence-electron chi connectivity index (χ2n) is 6.79. The van der Waals surface area contributed by atoms with E-state index in [2.05, 4.69) is 29.9 Å². The highest BCUT2D eigenvalue weighted by Crippen LogP contribution is 2.32. The SMILES string of the molecule is COc1nc(OCC(C)(N)CC(C)C)c(C#N)cc1-c1ccncc1. The van der Waals surface area contributed by atoms with Crippen molar-refractivity contribution in [3.8, 4) is 29.0 Å². The van der Waals surface area contributed by atoms with Crippen molar-refractivity contribution in [3.63, 3.8) is 0 Å². The Kier molecular flexibility index (Phi) is 5.94. The van der Waals surface area contributed by atoms with Crippen LogP contribution in [0, 0.1) is 17.2 Å². The second kappa shape index (κ2) is 7.95. The van der Waals surface area contributed by atoms with Crippen molar-refractivity contribution in [2.24, 2.45) is 11.7 Å². The maximum absolute atomic E-state index is 9.47. The van der Waals surface area contributed by atoms with Gasteiger partial charge in [0.25, 0.3) is 0 Å². The van der Waals surface area contributed by atoms with Crippen LogP contribution in [0.15, 0.2) is 30.6 Å². The zero-order chi connectivity index (χ0) is 18.4. The second-order valence-corrected chi connectivity index (χ2v) is 6.79. The number of hydrogen-bond donors (Lipinski definition) is 1. The van der Waals surface area contributed by atoms with Crippen molar-refractivity contribution in [3.05, 3.63) is 36.2 Å². The average Bonchev–Trinajstić information content (AvgIpc) is 2.59. The third-order valence-corrected chi connectivity index (χ3v) is 3.67. The molecule has 2 rings (SSSR count). The number of hydrogen-bond acceptors (Lipinski definition) is 6. The third kappa shape index (κ3) is 4.91. The summed E-state index contributed by atoms with van der Waals surface area (Å²) in [6.07, 6.45) is 4.16. The predicted octanol–water partition coefficient (Wildman–Crippen LogP) is 3.17. The zero-order valence-electron chi connectivity index (χ0n) is 15.1. The molecule has 0 aliphatic rings. The van der Waals surface area contributed by atoms with Crippen molar-refractivity contribution >= 4 is 0 Å². The molecule has 6 nitrogen and oxygen atoms in total. The number of aromatic nitrogens is 2. The molecule has 0 aliphatic heterocycles. The fraction of sp³-hybridized carbons (Fsp3) is 0.421. The zero-order valence-corrected chi connectivity index (χ0v) is 15.1. The molecule has 0 spiro atoms. The van der Waals surface area contributed by atoms with E-state index in [1.807, 2.05) is 19.1 Å². The molecule has 0 amide bonds. The number of pyridine rings is 2. The van der Waals surface area contributed by atoms with Crippen LogP contribution in [0.25, 0.3) is 11.1 Å². The largest absolute Gasteiger partial charge is 0.480 e. The lowest BCUT2D eigenvalue weighted by Gasteiger charge is -2.26. The van der Waals surface area contributed by atoms with Gasteiger partial charge < -0.3 is 15.2 Å². The van der Waals surface area contributed by atoms with Crippen LogP contribution in [0.3, 0.4) is 0 Å². The molecule has 0 bridgehead atoms. The van der Waals surface area contributed by atoms with Gasteiger partial charge in [-0.3, -0.25) is 4.98 Å². The van der Waals surface area contributed by atoms with E-state index in [0.717, 1.165) is 12.0 Å². The van der Waals surface area contributed by atoms with Crippen LogP contribution >= 0.6 is 0 Å². The summed E-state index contributed by atoms with van der Waals surface area (Å²) in [5.41, 5.74) is 7.70. The fourth-order valence-corrected chi connectivity index (χ4v) is 2.79. The van der Waals surface area contributed by atoms with Crippen LogP contribution < -0.4 is 15.2 Å². The quantitative estimate of drug-likeness (QED) is 0.832. The molecule has 0 fully saturated rings. The van der Waals surface area contributed by atoms with Crippen LogP contribution in [-0.2, 0) is 0 Å². The van der Waals surface area contributed by atoms with Gasteiger partial charge in [0.15, 0.2) is 0 Å². The molecule has 2 N–H and O–H groups in total. The molecule has 0 aromatic carbocycles. The summed E-state index contributed by atoms with van der Waals surface area (Å²) in [7, 11) is 1.54. The minimum atomic E-state index is -0.500. The van der Waals surface area contributed by atoms with Gasteiger partial charge in [-0.15, -0.1) is 0 Å². The lowest BCUT2D eigenvalue weighted by molar-refractivity contribution is 0.198. The van der Waals surface area contributed by atoms with Gasteiger partial charge in [0.05, 0.1) is 7.11 Å². The Morgan fingerprint density at radius 3 is 2.52 bits per heavy atom. The van der Waals surface area contributed by atoms with E-state index in [1.165, 1.54) is 7.11 Å². The maximum Gasteiger partial charge on any atom is 0.235 e. The van der Waals surface area contributed by atoms with Gasteiger partial charge in [0, 0.05) is 23.5 Å². The standard InChI is InChI=1S/C19H24N4O2/c1-13(2)10-19(3,21)12-25-17-15(11-20)9-16(18(23-17)24-4)14-5-7-22-8-6-14/h5-9,13H,10,12,21H2,1-4H3. The van der Waals surface area contributed by atoms with Gasteiger partial charge >= 0.3 is 0 Å². The Hall–Kier alpha value is -2.65. The lowest BCUT2D eigenvalue weighted by atomic mass is 9.93. The van der Waals surface area contributed by atoms with E-state index in [0.29, 0.717) is 22.9 Å². The summed E-state index contributed by atoms with van der Waals surface area (Å²) in [5.74, 6) is 1.07. The first-order valence-electron chi connectivity index (χ1n) is 8.17. The Morgan fingerprint density at radius 1 is 1.28 bits per heavy atom. The number of methoxy groups -OCH3 is 1. The van der Waals surface area contributed by atoms with Crippen molar-refractivity contribution in [1.29, 1.82) is 5.26 Å². The monoisotopic (exact) mass is 340 g/mol. The summed E-state index contributed by atoms with van der Waals surface area (Å²) in [5, 5.41) is 9.47. The van der Waals surface area contributed by atoms with Crippen LogP contribution in [0.5, 0.6) is 11.8 Å². The van der Waals surface area contributed by atoms with E-state index in [1.54, 1.807) is 18.5 Å². The molecule has 1 atom stereocenters. The molecule has 2 aromatic rings. The van der Waals surface area contributed by atoms with Gasteiger partial charge in [-0.05, 0) is 43.0 Å². The highest BCUT2D eigenvalue weighted by atomic mass is 16.5. The van der Waals surface area contributed by atoms with Crippen molar-refractivity contribution in [1.82, 2.24) is 9.97 Å². The first-order valence-corrected chi connectivity index (χ1v) is 8.17. The minimum absolute atomic E-state index is 0.234. The summed E-state index contributed by atoms with van der Waals surface area (Å²) in [4.78, 5) is 8.38. The number of nitrogens with zero attached hydrogens (tertiary/aromatic N) is 3. The topological polar surface area (TPSA) is 94.0 Å². The normalized spacial score (nSPS) is 13.2. The molecule has 2 heterocycles. The molecule has 0 radical (unpaired) electrons. The maximum atomic E-state index is 9.47. The number of ether oxygens (including phenoxy) is 2. The van der Waals surface area contributed by atoms with Crippen molar-refractivity contribution in [2.45, 2.75) is 32.7 Å². The Bertz CT molecular complexity index is 752. The van der Waals surface area contributed by atoms with Gasteiger partial charge in [-0.2, -0.15) is 10.2 Å². The molecule has 2 aromatic heterocycles. The Morgan fingerprint density at radius 2 is 1.96 bits per heavy atom. The minimum Gasteiger partial charge on any atom is -0.480 e. The van der Waals surface area contributed by atoms with Crippen LogP contribution in [-0.4, -0.2) is 29.2 Å². The Labute approximate surface area is 148 Å². The van der Waals surface area contributed by atoms with E-state index < -0.39 is 5.54 Å². The molecular weight excluding hydrogens is 316 g/mol. The average molecular weight is 340 g/mol. The van der Waals surface area contributed by atoms with Gasteiger partial charge in [0.2, 0.25) is 11.8 Å². The summed E-state index contributed by atoms with van der Waals surface area (Å²) in [6, 6.07) is 7.52. The van der Waals surface area contributed by atoms with E-state index in [-0.39, 0.29) is 12.5 Å². The van der Waals surface area contributed by atoms with E-state index in [4.69, 9.17) is 15.2 Å². The number of nitrogens with two attached hydrogens (primary N) is 1. The first-order chi connectivity index (χ1) is 11.9. The molecule has 6 heteroatoms. The molecule has 25 heavy (non-hydrogen) atoms. The van der Waals surface area contributed by atoms with Gasteiger partial charge in [-0.25, -0.2) is 0 Å². The van der Waals surface area contributed by atoms with Crippen LogP contribution in [0.4, 0.5) is 0 Å². The van der Waals surface area contributed by atoms with Gasteiger partial charge in [-0.1, -0.05) is 13.8 Å². The molecule has 0 saturated carbocycles. The molecular formula is C19H24N4O2. The predicted molar refractivity (Wildman–Crippen MR) is 96.3 cm³/mol. The van der Waals surface area contributed by atoms with Crippen LogP contribution in [0.2, 0.25) is 0 Å². The van der Waals surface area contributed by atoms with E-state index in [9.17, 15) is 5.26 Å². The van der Waals surface area contributed by atoms with Crippen LogP contribution in [0.1, 0.15) is 32.8 Å². The molecule has 0 saturated heterocycles. The lowest BCUT2D eigenvalue weighted by Crippen LogP contribution is -2.43. The molecule has 1 unspecified atom stereocenters. The first kappa shape index (κ1) is 18.7. The highest BCUT2D eigenvalue weighted by molar-refractivity contribution is 5.70. The molecule has 132 valence electrons. The number of rotatable bonds is 7. The third-order valence-electron chi connectivity index (χ3n) is 3.67. The summed E-state index contributed by atoms with van der Waals surface area (Å²) >= 11 is 0. The smallest absolute Gasteiger partial charge is 0.235 e. The Balaban J connectivity index is 2.33. The van der Waals surface area contributed by atoms with Crippen molar-refractivity contribution < 1.29 is 9.47 Å². The molecule has 0 aliphatic carbocycles.